The summed E-state index contributed by atoms with van der Waals surface area (Å²) in [6.45, 7) is 6.70. The highest BCUT2D eigenvalue weighted by molar-refractivity contribution is 5.23. The van der Waals surface area contributed by atoms with Gasteiger partial charge in [-0.15, -0.1) is 0 Å². The standard InChI is InChI=1S/C21H28N2/c1-16(2)19-13-14-23(15-17-9-5-3-6-10-17)21(20(19)22)18-11-7-4-8-12-18/h3-12,16,19-21H,13-15,22H2,1-2H3/t19-,20-,21-/m0/s1. The summed E-state index contributed by atoms with van der Waals surface area (Å²) in [5.74, 6) is 1.22. The van der Waals surface area contributed by atoms with Crippen molar-refractivity contribution in [1.82, 2.24) is 4.90 Å². The Labute approximate surface area is 140 Å². The quantitative estimate of drug-likeness (QED) is 0.915. The predicted octanol–water partition coefficient (Wildman–Crippen LogP) is 4.23. The van der Waals surface area contributed by atoms with E-state index in [1.54, 1.807) is 0 Å². The van der Waals surface area contributed by atoms with Crippen LogP contribution in [0.1, 0.15) is 37.4 Å². The average molecular weight is 308 g/mol. The Morgan fingerprint density at radius 1 is 1.00 bits per heavy atom. The Morgan fingerprint density at radius 2 is 1.61 bits per heavy atom. The number of rotatable bonds is 4. The summed E-state index contributed by atoms with van der Waals surface area (Å²) in [4.78, 5) is 2.56. The van der Waals surface area contributed by atoms with Gasteiger partial charge in [-0.1, -0.05) is 74.5 Å². The molecule has 1 fully saturated rings. The maximum atomic E-state index is 6.76. The number of nitrogens with zero attached hydrogens (tertiary/aromatic N) is 1. The van der Waals surface area contributed by atoms with Crippen LogP contribution in [0, 0.1) is 11.8 Å². The molecule has 0 radical (unpaired) electrons. The van der Waals surface area contributed by atoms with Crippen LogP contribution < -0.4 is 5.73 Å². The second-order valence-corrected chi connectivity index (χ2v) is 7.09. The van der Waals surface area contributed by atoms with Crippen molar-refractivity contribution in [1.29, 1.82) is 0 Å². The lowest BCUT2D eigenvalue weighted by molar-refractivity contribution is 0.0629. The first-order chi connectivity index (χ1) is 11.2. The van der Waals surface area contributed by atoms with E-state index in [4.69, 9.17) is 5.73 Å². The third-order valence-electron chi connectivity index (χ3n) is 5.23. The number of hydrogen-bond acceptors (Lipinski definition) is 2. The minimum absolute atomic E-state index is 0.190. The van der Waals surface area contributed by atoms with Crippen LogP contribution in [0.2, 0.25) is 0 Å². The molecule has 0 aromatic heterocycles. The van der Waals surface area contributed by atoms with Crippen LogP contribution in [0.15, 0.2) is 60.7 Å². The molecule has 122 valence electrons. The molecule has 0 aliphatic carbocycles. The van der Waals surface area contributed by atoms with Crippen LogP contribution in [0.25, 0.3) is 0 Å². The first kappa shape index (κ1) is 16.2. The molecule has 2 nitrogen and oxygen atoms in total. The summed E-state index contributed by atoms with van der Waals surface area (Å²) in [6.07, 6.45) is 1.19. The number of benzene rings is 2. The van der Waals surface area contributed by atoms with Crippen LogP contribution in [0.5, 0.6) is 0 Å². The smallest absolute Gasteiger partial charge is 0.0505 e. The monoisotopic (exact) mass is 308 g/mol. The molecule has 0 unspecified atom stereocenters. The van der Waals surface area contributed by atoms with Gasteiger partial charge in [0.2, 0.25) is 0 Å². The average Bonchev–Trinajstić information content (AvgIpc) is 2.56. The second-order valence-electron chi connectivity index (χ2n) is 7.09. The molecule has 1 aliphatic heterocycles. The van der Waals surface area contributed by atoms with Crippen molar-refractivity contribution in [3.8, 4) is 0 Å². The molecule has 23 heavy (non-hydrogen) atoms. The Bertz CT molecular complexity index is 594. The van der Waals surface area contributed by atoms with Crippen LogP contribution in [-0.4, -0.2) is 17.5 Å². The number of likely N-dealkylation sites (tertiary alicyclic amines) is 1. The van der Waals surface area contributed by atoms with Crippen LogP contribution in [-0.2, 0) is 6.54 Å². The first-order valence-electron chi connectivity index (χ1n) is 8.75. The zero-order valence-corrected chi connectivity index (χ0v) is 14.2. The molecule has 1 heterocycles. The molecule has 0 amide bonds. The maximum Gasteiger partial charge on any atom is 0.0505 e. The summed E-state index contributed by atoms with van der Waals surface area (Å²) < 4.78 is 0. The topological polar surface area (TPSA) is 29.3 Å². The van der Waals surface area contributed by atoms with E-state index >= 15 is 0 Å². The van der Waals surface area contributed by atoms with E-state index in [9.17, 15) is 0 Å². The van der Waals surface area contributed by atoms with Gasteiger partial charge in [-0.2, -0.15) is 0 Å². The van der Waals surface area contributed by atoms with Crippen molar-refractivity contribution >= 4 is 0 Å². The highest BCUT2D eigenvalue weighted by Gasteiger charge is 2.37. The fraction of sp³-hybridized carbons (Fsp3) is 0.429. The van der Waals surface area contributed by atoms with Gasteiger partial charge in [0.15, 0.2) is 0 Å². The van der Waals surface area contributed by atoms with Gasteiger partial charge in [-0.05, 0) is 35.9 Å². The van der Waals surface area contributed by atoms with Gasteiger partial charge < -0.3 is 5.73 Å². The summed E-state index contributed by atoms with van der Waals surface area (Å²) in [6, 6.07) is 22.0. The van der Waals surface area contributed by atoms with Gasteiger partial charge in [0.25, 0.3) is 0 Å². The summed E-state index contributed by atoms with van der Waals surface area (Å²) in [7, 11) is 0. The molecule has 3 rings (SSSR count). The summed E-state index contributed by atoms with van der Waals surface area (Å²) >= 11 is 0. The number of hydrogen-bond donors (Lipinski definition) is 1. The van der Waals surface area contributed by atoms with Crippen molar-refractivity contribution in [3.05, 3.63) is 71.8 Å². The van der Waals surface area contributed by atoms with Crippen LogP contribution in [0.4, 0.5) is 0 Å². The van der Waals surface area contributed by atoms with Crippen molar-refractivity contribution in [2.45, 2.75) is 38.9 Å². The van der Waals surface area contributed by atoms with Crippen molar-refractivity contribution in [3.63, 3.8) is 0 Å². The molecule has 0 spiro atoms. The fourth-order valence-electron chi connectivity index (χ4n) is 3.98. The molecule has 2 heteroatoms. The van der Waals surface area contributed by atoms with Crippen LogP contribution in [0.3, 0.4) is 0 Å². The highest BCUT2D eigenvalue weighted by Crippen LogP contribution is 2.37. The predicted molar refractivity (Wildman–Crippen MR) is 97.0 cm³/mol. The zero-order valence-electron chi connectivity index (χ0n) is 14.2. The van der Waals surface area contributed by atoms with E-state index in [1.165, 1.54) is 17.5 Å². The van der Waals surface area contributed by atoms with E-state index in [-0.39, 0.29) is 6.04 Å². The molecular formula is C21H28N2. The summed E-state index contributed by atoms with van der Waals surface area (Å²) in [5, 5.41) is 0. The van der Waals surface area contributed by atoms with Gasteiger partial charge in [0, 0.05) is 12.6 Å². The molecular weight excluding hydrogens is 280 g/mol. The molecule has 1 saturated heterocycles. The molecule has 0 saturated carbocycles. The third kappa shape index (κ3) is 3.65. The van der Waals surface area contributed by atoms with E-state index < -0.39 is 0 Å². The summed E-state index contributed by atoms with van der Waals surface area (Å²) in [5.41, 5.74) is 9.47. The van der Waals surface area contributed by atoms with Gasteiger partial charge in [0.05, 0.1) is 6.04 Å². The Morgan fingerprint density at radius 3 is 2.22 bits per heavy atom. The van der Waals surface area contributed by atoms with Crippen molar-refractivity contribution < 1.29 is 0 Å². The van der Waals surface area contributed by atoms with Gasteiger partial charge >= 0.3 is 0 Å². The number of nitrogens with two attached hydrogens (primary N) is 1. The maximum absolute atomic E-state index is 6.76. The third-order valence-corrected chi connectivity index (χ3v) is 5.23. The van der Waals surface area contributed by atoms with E-state index in [0.717, 1.165) is 13.1 Å². The lowest BCUT2D eigenvalue weighted by Crippen LogP contribution is -2.51. The van der Waals surface area contributed by atoms with E-state index in [2.05, 4.69) is 79.4 Å². The van der Waals surface area contributed by atoms with Gasteiger partial charge in [-0.3, -0.25) is 4.90 Å². The molecule has 2 N–H and O–H groups in total. The van der Waals surface area contributed by atoms with Crippen LogP contribution >= 0.6 is 0 Å². The second kappa shape index (κ2) is 7.29. The van der Waals surface area contributed by atoms with Crippen molar-refractivity contribution in [2.24, 2.45) is 17.6 Å². The Balaban J connectivity index is 1.88. The minimum atomic E-state index is 0.190. The van der Waals surface area contributed by atoms with E-state index in [0.29, 0.717) is 17.9 Å². The molecule has 0 bridgehead atoms. The normalized spacial score (nSPS) is 25.7. The van der Waals surface area contributed by atoms with Gasteiger partial charge in [-0.25, -0.2) is 0 Å². The lowest BCUT2D eigenvalue weighted by atomic mass is 9.77. The zero-order chi connectivity index (χ0) is 16.2. The van der Waals surface area contributed by atoms with Gasteiger partial charge in [0.1, 0.15) is 0 Å². The largest absolute Gasteiger partial charge is 0.326 e. The van der Waals surface area contributed by atoms with Crippen molar-refractivity contribution in [2.75, 3.05) is 6.54 Å². The molecule has 1 aliphatic rings. The molecule has 2 aromatic rings. The molecule has 2 aromatic carbocycles. The van der Waals surface area contributed by atoms with E-state index in [1.807, 2.05) is 0 Å². The molecule has 3 atom stereocenters. The fourth-order valence-corrected chi connectivity index (χ4v) is 3.98. The first-order valence-corrected chi connectivity index (χ1v) is 8.75. The number of piperidine rings is 1. The Kier molecular flexibility index (Phi) is 5.14. The Hall–Kier alpha value is -1.64. The SMILES string of the molecule is CC(C)[C@@H]1CCN(Cc2ccccc2)[C@@H](c2ccccc2)[C@H]1N. The minimum Gasteiger partial charge on any atom is -0.326 e. The lowest BCUT2D eigenvalue weighted by Gasteiger charge is -2.46. The highest BCUT2D eigenvalue weighted by atomic mass is 15.2.